The smallest absolute Gasteiger partial charge is 0.216 e. The minimum Gasteiger partial charge on any atom is -0.216 e. The van der Waals surface area contributed by atoms with E-state index in [9.17, 15) is 8.42 Å². The molecule has 18 heavy (non-hydrogen) atoms. The van der Waals surface area contributed by atoms with Crippen LogP contribution in [0.4, 0.5) is 0 Å². The molecule has 4 nitrogen and oxygen atoms in total. The van der Waals surface area contributed by atoms with E-state index >= 15 is 0 Å². The van der Waals surface area contributed by atoms with E-state index in [4.69, 9.17) is 16.7 Å². The van der Waals surface area contributed by atoms with Gasteiger partial charge in [-0.25, -0.2) is 5.14 Å². The Morgan fingerprint density at radius 3 is 2.22 bits per heavy atom. The second-order valence-electron chi connectivity index (χ2n) is 4.74. The lowest BCUT2D eigenvalue weighted by molar-refractivity contribution is 0.477. The minimum absolute atomic E-state index is 0.306. The predicted molar refractivity (Wildman–Crippen MR) is 74.5 cm³/mol. The maximum absolute atomic E-state index is 11.2. The largest absolute Gasteiger partial charge is 0.274 e. The minimum atomic E-state index is -3.71. The van der Waals surface area contributed by atoms with E-state index in [0.717, 1.165) is 12.0 Å². The van der Waals surface area contributed by atoms with Gasteiger partial charge >= 0.3 is 0 Å². The highest BCUT2D eigenvalue weighted by Crippen LogP contribution is 2.23. The topological polar surface area (TPSA) is 72.2 Å². The van der Waals surface area contributed by atoms with Crippen LogP contribution >= 0.6 is 11.6 Å². The van der Waals surface area contributed by atoms with Crippen LogP contribution in [-0.2, 0) is 10.2 Å². The first-order valence-corrected chi connectivity index (χ1v) is 7.76. The summed E-state index contributed by atoms with van der Waals surface area (Å²) in [6.45, 7) is 4.19. The van der Waals surface area contributed by atoms with Crippen molar-refractivity contribution in [2.45, 2.75) is 32.7 Å². The Morgan fingerprint density at radius 2 is 1.78 bits per heavy atom. The molecular weight excluding hydrogens is 272 g/mol. The highest BCUT2D eigenvalue weighted by Gasteiger charge is 2.16. The van der Waals surface area contributed by atoms with Crippen LogP contribution in [0.15, 0.2) is 24.3 Å². The molecule has 0 amide bonds. The Balaban J connectivity index is 2.85. The van der Waals surface area contributed by atoms with Crippen molar-refractivity contribution in [2.75, 3.05) is 0 Å². The summed E-state index contributed by atoms with van der Waals surface area (Å²) < 4.78 is 24.8. The molecule has 1 aromatic rings. The van der Waals surface area contributed by atoms with Gasteiger partial charge < -0.3 is 0 Å². The maximum Gasteiger partial charge on any atom is 0.274 e. The second kappa shape index (κ2) is 6.52. The van der Waals surface area contributed by atoms with Crippen LogP contribution in [0.25, 0.3) is 0 Å². The lowest BCUT2D eigenvalue weighted by Gasteiger charge is -2.18. The lowest BCUT2D eigenvalue weighted by Crippen LogP contribution is -2.34. The molecule has 0 spiro atoms. The number of nitrogens with one attached hydrogen (secondary N) is 1. The van der Waals surface area contributed by atoms with Crippen molar-refractivity contribution >= 4 is 21.8 Å². The van der Waals surface area contributed by atoms with Gasteiger partial charge in [0.2, 0.25) is 0 Å². The molecule has 0 unspecified atom stereocenters. The molecule has 0 aliphatic carbocycles. The average Bonchev–Trinajstić information content (AvgIpc) is 2.23. The van der Waals surface area contributed by atoms with Gasteiger partial charge in [0.1, 0.15) is 0 Å². The van der Waals surface area contributed by atoms with Gasteiger partial charge in [-0.15, -0.1) is 0 Å². The van der Waals surface area contributed by atoms with E-state index in [1.807, 2.05) is 12.1 Å². The SMILES string of the molecule is CC(C)CC[C@@H](NS(N)(=O)=O)c1ccc(Cl)cc1. The summed E-state index contributed by atoms with van der Waals surface area (Å²) in [7, 11) is -3.71. The van der Waals surface area contributed by atoms with Crippen molar-refractivity contribution in [2.24, 2.45) is 11.1 Å². The lowest BCUT2D eigenvalue weighted by atomic mass is 9.98. The van der Waals surface area contributed by atoms with Crippen LogP contribution in [0.5, 0.6) is 0 Å². The van der Waals surface area contributed by atoms with Gasteiger partial charge in [-0.1, -0.05) is 37.6 Å². The van der Waals surface area contributed by atoms with Crippen LogP contribution < -0.4 is 9.86 Å². The first-order chi connectivity index (χ1) is 8.28. The number of hydrogen-bond acceptors (Lipinski definition) is 2. The van der Waals surface area contributed by atoms with Crippen LogP contribution in [-0.4, -0.2) is 8.42 Å². The Morgan fingerprint density at radius 1 is 1.22 bits per heavy atom. The molecule has 0 saturated carbocycles. The number of rotatable bonds is 6. The molecule has 1 rings (SSSR count). The van der Waals surface area contributed by atoms with E-state index in [2.05, 4.69) is 18.6 Å². The summed E-state index contributed by atoms with van der Waals surface area (Å²) in [5.41, 5.74) is 0.870. The van der Waals surface area contributed by atoms with Gasteiger partial charge in [0.25, 0.3) is 10.2 Å². The maximum atomic E-state index is 11.2. The Bertz CT molecular complexity index is 471. The van der Waals surface area contributed by atoms with Gasteiger partial charge in [-0.3, -0.25) is 0 Å². The molecular formula is C12H19ClN2O2S. The third kappa shape index (κ3) is 5.82. The Kier molecular flexibility index (Phi) is 5.59. The molecule has 6 heteroatoms. The predicted octanol–water partition coefficient (Wildman–Crippen LogP) is 2.61. The van der Waals surface area contributed by atoms with Gasteiger partial charge in [0.15, 0.2) is 0 Å². The van der Waals surface area contributed by atoms with Crippen molar-refractivity contribution in [1.82, 2.24) is 4.72 Å². The average molecular weight is 291 g/mol. The molecule has 0 aromatic heterocycles. The van der Waals surface area contributed by atoms with Crippen molar-refractivity contribution < 1.29 is 8.42 Å². The third-order valence-corrected chi connectivity index (χ3v) is 3.48. The summed E-state index contributed by atoms with van der Waals surface area (Å²) in [5, 5.41) is 5.67. The molecule has 1 atom stereocenters. The molecule has 0 aliphatic rings. The van der Waals surface area contributed by atoms with Crippen molar-refractivity contribution in [3.63, 3.8) is 0 Å². The highest BCUT2D eigenvalue weighted by atomic mass is 35.5. The van der Waals surface area contributed by atoms with Crippen LogP contribution in [0, 0.1) is 5.92 Å². The summed E-state index contributed by atoms with van der Waals surface area (Å²) in [5.74, 6) is 0.502. The van der Waals surface area contributed by atoms with E-state index in [0.29, 0.717) is 17.4 Å². The zero-order chi connectivity index (χ0) is 13.8. The second-order valence-corrected chi connectivity index (χ2v) is 6.50. The van der Waals surface area contributed by atoms with Gasteiger partial charge in [-0.2, -0.15) is 13.1 Å². The van der Waals surface area contributed by atoms with Crippen molar-refractivity contribution in [3.8, 4) is 0 Å². The molecule has 102 valence electrons. The first kappa shape index (κ1) is 15.4. The van der Waals surface area contributed by atoms with E-state index < -0.39 is 10.2 Å². The van der Waals surface area contributed by atoms with Gasteiger partial charge in [0, 0.05) is 11.1 Å². The van der Waals surface area contributed by atoms with Crippen LogP contribution in [0.1, 0.15) is 38.3 Å². The van der Waals surface area contributed by atoms with Crippen molar-refractivity contribution in [1.29, 1.82) is 0 Å². The van der Waals surface area contributed by atoms with Gasteiger partial charge in [0.05, 0.1) is 0 Å². The summed E-state index contributed by atoms with van der Waals surface area (Å²) in [6, 6.07) is 6.80. The fourth-order valence-corrected chi connectivity index (χ4v) is 2.46. The normalized spacial score (nSPS) is 13.8. The Labute approximate surface area is 114 Å². The molecule has 0 bridgehead atoms. The number of hydrogen-bond donors (Lipinski definition) is 2. The first-order valence-electron chi connectivity index (χ1n) is 5.83. The molecule has 0 radical (unpaired) electrons. The summed E-state index contributed by atoms with van der Waals surface area (Å²) >= 11 is 5.81. The van der Waals surface area contributed by atoms with E-state index in [1.165, 1.54) is 0 Å². The van der Waals surface area contributed by atoms with E-state index in [1.54, 1.807) is 12.1 Å². The third-order valence-electron chi connectivity index (χ3n) is 2.61. The fourth-order valence-electron chi connectivity index (χ4n) is 1.69. The van der Waals surface area contributed by atoms with Gasteiger partial charge in [-0.05, 0) is 36.5 Å². The molecule has 0 aliphatic heterocycles. The molecule has 0 heterocycles. The quantitative estimate of drug-likeness (QED) is 0.845. The monoisotopic (exact) mass is 290 g/mol. The Hall–Kier alpha value is -0.620. The number of benzene rings is 1. The number of nitrogens with two attached hydrogens (primary N) is 1. The van der Waals surface area contributed by atoms with Crippen LogP contribution in [0.3, 0.4) is 0 Å². The standard InChI is InChI=1S/C12H19ClN2O2S/c1-9(2)3-8-12(15-18(14,16)17)10-4-6-11(13)7-5-10/h4-7,9,12,15H,3,8H2,1-2H3,(H2,14,16,17)/t12-/m1/s1. The zero-order valence-corrected chi connectivity index (χ0v) is 12.1. The molecule has 0 saturated heterocycles. The van der Waals surface area contributed by atoms with Crippen LogP contribution in [0.2, 0.25) is 5.02 Å². The molecule has 3 N–H and O–H groups in total. The summed E-state index contributed by atoms with van der Waals surface area (Å²) in [4.78, 5) is 0. The highest BCUT2D eigenvalue weighted by molar-refractivity contribution is 7.87. The zero-order valence-electron chi connectivity index (χ0n) is 10.6. The van der Waals surface area contributed by atoms with E-state index in [-0.39, 0.29) is 6.04 Å². The number of halogens is 1. The molecule has 1 aromatic carbocycles. The molecule has 0 fully saturated rings. The fraction of sp³-hybridized carbons (Fsp3) is 0.500. The van der Waals surface area contributed by atoms with Crippen molar-refractivity contribution in [3.05, 3.63) is 34.9 Å². The summed E-state index contributed by atoms with van der Waals surface area (Å²) in [6.07, 6.45) is 1.62.